The zero-order valence-electron chi connectivity index (χ0n) is 11.6. The highest BCUT2D eigenvalue weighted by Crippen LogP contribution is 2.35. The second kappa shape index (κ2) is 6.09. The molecule has 1 aromatic heterocycles. The van der Waals surface area contributed by atoms with Gasteiger partial charge in [0, 0.05) is 33.5 Å². The summed E-state index contributed by atoms with van der Waals surface area (Å²) in [6.07, 6.45) is 3.48. The predicted molar refractivity (Wildman–Crippen MR) is 78.1 cm³/mol. The highest BCUT2D eigenvalue weighted by molar-refractivity contribution is 8.13. The number of carbonyl (C=O) groups is 1. The highest BCUT2D eigenvalue weighted by Gasteiger charge is 2.23. The minimum Gasteiger partial charge on any atom is -0.340 e. The second-order valence-electron chi connectivity index (χ2n) is 4.61. The first-order valence-electron chi connectivity index (χ1n) is 6.09. The van der Waals surface area contributed by atoms with E-state index >= 15 is 0 Å². The number of imidazole rings is 1. The molecule has 0 saturated heterocycles. The molecule has 6 heteroatoms. The van der Waals surface area contributed by atoms with Crippen LogP contribution in [0.1, 0.15) is 16.6 Å². The number of nitrogens with zero attached hydrogens (tertiary/aromatic N) is 3. The maximum Gasteiger partial charge on any atom is 0.282 e. The van der Waals surface area contributed by atoms with Crippen molar-refractivity contribution in [2.75, 3.05) is 14.1 Å². The van der Waals surface area contributed by atoms with Gasteiger partial charge in [-0.3, -0.25) is 4.79 Å². The van der Waals surface area contributed by atoms with E-state index in [1.54, 1.807) is 32.4 Å². The summed E-state index contributed by atoms with van der Waals surface area (Å²) in [6, 6.07) is 6.27. The van der Waals surface area contributed by atoms with Crippen LogP contribution in [0.3, 0.4) is 0 Å². The molecule has 0 fully saturated rings. The molecule has 1 amide bonds. The molecule has 0 aliphatic rings. The SMILES string of the molecule is CN(C)C(=O)SC(c1cccc(F)c1)c1nccn1C. The summed E-state index contributed by atoms with van der Waals surface area (Å²) in [7, 11) is 5.24. The van der Waals surface area contributed by atoms with Crippen LogP contribution in [0.2, 0.25) is 0 Å². The van der Waals surface area contributed by atoms with Gasteiger partial charge < -0.3 is 9.47 Å². The molecule has 106 valence electrons. The Kier molecular flexibility index (Phi) is 4.44. The summed E-state index contributed by atoms with van der Waals surface area (Å²) >= 11 is 1.12. The molecule has 1 atom stereocenters. The molecular weight excluding hydrogens is 277 g/mol. The van der Waals surface area contributed by atoms with Gasteiger partial charge in [-0.2, -0.15) is 0 Å². The van der Waals surface area contributed by atoms with Gasteiger partial charge in [0.25, 0.3) is 5.24 Å². The van der Waals surface area contributed by atoms with Gasteiger partial charge in [-0.05, 0) is 29.5 Å². The third-order valence-electron chi connectivity index (χ3n) is 2.83. The van der Waals surface area contributed by atoms with Crippen LogP contribution in [0.5, 0.6) is 0 Å². The number of halogens is 1. The Balaban J connectivity index is 2.39. The van der Waals surface area contributed by atoms with Gasteiger partial charge in [0.1, 0.15) is 11.6 Å². The van der Waals surface area contributed by atoms with Crippen LogP contribution in [0.25, 0.3) is 0 Å². The molecule has 1 unspecified atom stereocenters. The molecule has 2 rings (SSSR count). The summed E-state index contributed by atoms with van der Waals surface area (Å²) in [6.45, 7) is 0. The van der Waals surface area contributed by atoms with E-state index in [9.17, 15) is 9.18 Å². The molecule has 20 heavy (non-hydrogen) atoms. The molecule has 0 saturated carbocycles. The van der Waals surface area contributed by atoms with E-state index in [0.717, 1.165) is 23.1 Å². The smallest absolute Gasteiger partial charge is 0.282 e. The van der Waals surface area contributed by atoms with Crippen molar-refractivity contribution < 1.29 is 9.18 Å². The number of rotatable bonds is 3. The zero-order valence-corrected chi connectivity index (χ0v) is 12.4. The first-order valence-corrected chi connectivity index (χ1v) is 6.97. The summed E-state index contributed by atoms with van der Waals surface area (Å²) in [5.74, 6) is 0.399. The van der Waals surface area contributed by atoms with Crippen molar-refractivity contribution >= 4 is 17.0 Å². The topological polar surface area (TPSA) is 38.1 Å². The van der Waals surface area contributed by atoms with Gasteiger partial charge in [0.15, 0.2) is 0 Å². The Morgan fingerprint density at radius 3 is 2.75 bits per heavy atom. The number of aromatic nitrogens is 2. The fourth-order valence-corrected chi connectivity index (χ4v) is 2.80. The molecule has 0 aliphatic carbocycles. The van der Waals surface area contributed by atoms with Crippen molar-refractivity contribution in [1.82, 2.24) is 14.5 Å². The maximum atomic E-state index is 13.4. The number of hydrogen-bond donors (Lipinski definition) is 0. The number of amides is 1. The molecule has 0 N–H and O–H groups in total. The fraction of sp³-hybridized carbons (Fsp3) is 0.286. The molecule has 4 nitrogen and oxygen atoms in total. The van der Waals surface area contributed by atoms with E-state index in [4.69, 9.17) is 0 Å². The van der Waals surface area contributed by atoms with Crippen LogP contribution in [-0.2, 0) is 7.05 Å². The highest BCUT2D eigenvalue weighted by atomic mass is 32.2. The van der Waals surface area contributed by atoms with Gasteiger partial charge in [0.2, 0.25) is 0 Å². The van der Waals surface area contributed by atoms with Gasteiger partial charge in [-0.15, -0.1) is 0 Å². The van der Waals surface area contributed by atoms with Gasteiger partial charge in [-0.25, -0.2) is 9.37 Å². The maximum absolute atomic E-state index is 13.4. The van der Waals surface area contributed by atoms with Crippen molar-refractivity contribution in [3.63, 3.8) is 0 Å². The van der Waals surface area contributed by atoms with Gasteiger partial charge in [0.05, 0.1) is 5.25 Å². The Morgan fingerprint density at radius 1 is 1.45 bits per heavy atom. The Morgan fingerprint density at radius 2 is 2.20 bits per heavy atom. The first kappa shape index (κ1) is 14.6. The molecule has 0 spiro atoms. The lowest BCUT2D eigenvalue weighted by atomic mass is 10.1. The second-order valence-corrected chi connectivity index (χ2v) is 5.67. The Labute approximate surface area is 121 Å². The molecule has 1 aromatic carbocycles. The minimum absolute atomic E-state index is 0.0951. The zero-order chi connectivity index (χ0) is 14.7. The average molecular weight is 293 g/mol. The lowest BCUT2D eigenvalue weighted by molar-refractivity contribution is 0.241. The molecule has 0 bridgehead atoms. The number of benzene rings is 1. The van der Waals surface area contributed by atoms with E-state index in [2.05, 4.69) is 4.98 Å². The van der Waals surface area contributed by atoms with E-state index < -0.39 is 0 Å². The number of hydrogen-bond acceptors (Lipinski definition) is 3. The summed E-state index contributed by atoms with van der Waals surface area (Å²) in [4.78, 5) is 17.8. The third kappa shape index (κ3) is 3.19. The van der Waals surface area contributed by atoms with E-state index in [-0.39, 0.29) is 16.3 Å². The Hall–Kier alpha value is -1.82. The van der Waals surface area contributed by atoms with Crippen molar-refractivity contribution in [3.05, 3.63) is 53.9 Å². The van der Waals surface area contributed by atoms with Crippen LogP contribution in [0.4, 0.5) is 9.18 Å². The van der Waals surface area contributed by atoms with Crippen LogP contribution >= 0.6 is 11.8 Å². The molecule has 0 radical (unpaired) electrons. The van der Waals surface area contributed by atoms with E-state index in [1.807, 2.05) is 17.8 Å². The molecular formula is C14H16FN3OS. The monoisotopic (exact) mass is 293 g/mol. The number of carbonyl (C=O) groups excluding carboxylic acids is 1. The van der Waals surface area contributed by atoms with E-state index in [1.165, 1.54) is 17.0 Å². The van der Waals surface area contributed by atoms with Crippen LogP contribution in [-0.4, -0.2) is 33.8 Å². The quantitative estimate of drug-likeness (QED) is 0.873. The normalized spacial score (nSPS) is 12.2. The molecule has 0 aliphatic heterocycles. The van der Waals surface area contributed by atoms with Crippen LogP contribution < -0.4 is 0 Å². The summed E-state index contributed by atoms with van der Waals surface area (Å²) in [5.41, 5.74) is 0.722. The fourth-order valence-electron chi connectivity index (χ4n) is 1.78. The lowest BCUT2D eigenvalue weighted by Gasteiger charge is -2.18. The average Bonchev–Trinajstić information content (AvgIpc) is 2.81. The van der Waals surface area contributed by atoms with E-state index in [0.29, 0.717) is 0 Å². The van der Waals surface area contributed by atoms with Crippen LogP contribution in [0.15, 0.2) is 36.7 Å². The summed E-state index contributed by atoms with van der Waals surface area (Å²) in [5, 5.41) is -0.428. The summed E-state index contributed by atoms with van der Waals surface area (Å²) < 4.78 is 15.3. The van der Waals surface area contributed by atoms with Crippen molar-refractivity contribution in [3.8, 4) is 0 Å². The predicted octanol–water partition coefficient (Wildman–Crippen LogP) is 3.06. The molecule has 2 aromatic rings. The minimum atomic E-state index is -0.333. The third-order valence-corrected chi connectivity index (χ3v) is 4.11. The van der Waals surface area contributed by atoms with Gasteiger partial charge in [-0.1, -0.05) is 12.1 Å². The number of thioether (sulfide) groups is 1. The van der Waals surface area contributed by atoms with Crippen molar-refractivity contribution in [2.24, 2.45) is 7.05 Å². The van der Waals surface area contributed by atoms with Crippen LogP contribution in [0, 0.1) is 5.82 Å². The molecule has 1 heterocycles. The largest absolute Gasteiger partial charge is 0.340 e. The standard InChI is InChI=1S/C14H16FN3OS/c1-17(2)14(19)20-12(13-16-7-8-18(13)3)10-5-4-6-11(15)9-10/h4-9,12H,1-3H3. The van der Waals surface area contributed by atoms with Crippen molar-refractivity contribution in [1.29, 1.82) is 0 Å². The number of aryl methyl sites for hydroxylation is 1. The van der Waals surface area contributed by atoms with Gasteiger partial charge >= 0.3 is 0 Å². The van der Waals surface area contributed by atoms with Crippen molar-refractivity contribution in [2.45, 2.75) is 5.25 Å². The Bertz CT molecular complexity index is 612. The first-order chi connectivity index (χ1) is 9.49. The lowest BCUT2D eigenvalue weighted by Crippen LogP contribution is -2.19.